The lowest BCUT2D eigenvalue weighted by atomic mass is 10.1. The number of hydrogen-bond donors (Lipinski definition) is 0. The van der Waals surface area contributed by atoms with E-state index in [1.54, 1.807) is 9.80 Å². The Bertz CT molecular complexity index is 1250. The van der Waals surface area contributed by atoms with E-state index in [4.69, 9.17) is 0 Å². The van der Waals surface area contributed by atoms with Crippen LogP contribution in [-0.2, 0) is 22.4 Å². The number of amides is 2. The maximum absolute atomic E-state index is 13.3. The molecule has 0 spiro atoms. The van der Waals surface area contributed by atoms with Gasteiger partial charge in [0.25, 0.3) is 11.8 Å². The molecule has 192 valence electrons. The summed E-state index contributed by atoms with van der Waals surface area (Å²) in [7, 11) is 0. The third-order valence-electron chi connectivity index (χ3n) is 6.23. The fourth-order valence-corrected chi connectivity index (χ4v) is 4.05. The Hall–Kier alpha value is -4.58. The normalized spacial score (nSPS) is 10.9. The monoisotopic (exact) mass is 504 g/mol. The van der Waals surface area contributed by atoms with Crippen LogP contribution >= 0.6 is 0 Å². The number of nitrogens with zero attached hydrogens (tertiary/aromatic N) is 4. The zero-order chi connectivity index (χ0) is 26.7. The van der Waals surface area contributed by atoms with E-state index < -0.39 is 0 Å². The summed E-state index contributed by atoms with van der Waals surface area (Å²) >= 11 is 0. The van der Waals surface area contributed by atoms with Crippen molar-refractivity contribution >= 4 is 23.2 Å². The molecule has 0 aliphatic rings. The van der Waals surface area contributed by atoms with Crippen LogP contribution in [0.5, 0.6) is 0 Å². The van der Waals surface area contributed by atoms with E-state index in [1.807, 2.05) is 111 Å². The zero-order valence-corrected chi connectivity index (χ0v) is 21.8. The Morgan fingerprint density at radius 2 is 1.00 bits per heavy atom. The molecule has 0 fully saturated rings. The molecule has 0 N–H and O–H groups in total. The lowest BCUT2D eigenvalue weighted by Gasteiger charge is -2.23. The first kappa shape index (κ1) is 26.5. The minimum atomic E-state index is -0.250. The Morgan fingerprint density at radius 1 is 0.605 bits per heavy atom. The maximum Gasteiger partial charge on any atom is 0.251 e. The molecule has 2 aromatic heterocycles. The molecule has 0 aliphatic carbocycles. The van der Waals surface area contributed by atoms with Gasteiger partial charge in [0.1, 0.15) is 0 Å². The molecule has 4 rings (SSSR count). The van der Waals surface area contributed by atoms with Crippen LogP contribution in [0.4, 0.5) is 11.4 Å². The predicted octanol–water partition coefficient (Wildman–Crippen LogP) is 5.50. The molecular weight excluding hydrogens is 472 g/mol. The van der Waals surface area contributed by atoms with Crippen molar-refractivity contribution < 1.29 is 9.59 Å². The van der Waals surface area contributed by atoms with Crippen molar-refractivity contribution in [3.8, 4) is 0 Å². The van der Waals surface area contributed by atoms with Crippen LogP contribution in [-0.4, -0.2) is 34.9 Å². The van der Waals surface area contributed by atoms with Crippen molar-refractivity contribution in [2.45, 2.75) is 26.7 Å². The SMILES string of the molecule is Cc1ccc(CCN(C(=O)C=CC(=O)N(CCc2ccc(C)nc2)c2ccccc2)c2ccccc2)cn1. The molecule has 4 aromatic rings. The minimum absolute atomic E-state index is 0.250. The topological polar surface area (TPSA) is 66.4 Å². The number of benzene rings is 2. The summed E-state index contributed by atoms with van der Waals surface area (Å²) in [6.45, 7) is 4.83. The number of hydrogen-bond acceptors (Lipinski definition) is 4. The Kier molecular flexibility index (Phi) is 9.13. The van der Waals surface area contributed by atoms with Gasteiger partial charge in [-0.25, -0.2) is 0 Å². The molecule has 0 bridgehead atoms. The van der Waals surface area contributed by atoms with Crippen molar-refractivity contribution in [1.82, 2.24) is 9.97 Å². The molecule has 0 aliphatic heterocycles. The lowest BCUT2D eigenvalue weighted by Crippen LogP contribution is -2.33. The van der Waals surface area contributed by atoms with Crippen LogP contribution in [0, 0.1) is 13.8 Å². The van der Waals surface area contributed by atoms with E-state index in [2.05, 4.69) is 9.97 Å². The van der Waals surface area contributed by atoms with Crippen molar-refractivity contribution in [2.75, 3.05) is 22.9 Å². The first-order chi connectivity index (χ1) is 18.5. The van der Waals surface area contributed by atoms with Gasteiger partial charge >= 0.3 is 0 Å². The molecule has 0 atom stereocenters. The molecule has 0 saturated carbocycles. The van der Waals surface area contributed by atoms with E-state index in [0.717, 1.165) is 33.9 Å². The fourth-order valence-electron chi connectivity index (χ4n) is 4.05. The average molecular weight is 505 g/mol. The average Bonchev–Trinajstić information content (AvgIpc) is 2.95. The van der Waals surface area contributed by atoms with Crippen LogP contribution < -0.4 is 9.80 Å². The van der Waals surface area contributed by atoms with E-state index >= 15 is 0 Å². The van der Waals surface area contributed by atoms with Gasteiger partial charge in [-0.1, -0.05) is 48.5 Å². The second-order valence-corrected chi connectivity index (χ2v) is 9.10. The Balaban J connectivity index is 1.49. The van der Waals surface area contributed by atoms with Gasteiger partial charge in [-0.15, -0.1) is 0 Å². The second-order valence-electron chi connectivity index (χ2n) is 9.10. The quantitative estimate of drug-likeness (QED) is 0.268. The van der Waals surface area contributed by atoms with Crippen LogP contribution in [0.3, 0.4) is 0 Å². The van der Waals surface area contributed by atoms with Crippen LogP contribution in [0.25, 0.3) is 0 Å². The van der Waals surface area contributed by atoms with E-state index in [1.165, 1.54) is 12.2 Å². The molecule has 6 nitrogen and oxygen atoms in total. The minimum Gasteiger partial charge on any atom is -0.309 e. The van der Waals surface area contributed by atoms with Gasteiger partial charge in [0.2, 0.25) is 0 Å². The summed E-state index contributed by atoms with van der Waals surface area (Å²) < 4.78 is 0. The van der Waals surface area contributed by atoms with E-state index in [9.17, 15) is 9.59 Å². The van der Waals surface area contributed by atoms with E-state index in [-0.39, 0.29) is 11.8 Å². The van der Waals surface area contributed by atoms with Gasteiger partial charge in [-0.3, -0.25) is 19.6 Å². The number of rotatable bonds is 10. The molecule has 0 saturated heterocycles. The highest BCUT2D eigenvalue weighted by atomic mass is 16.2. The summed E-state index contributed by atoms with van der Waals surface area (Å²) in [4.78, 5) is 38.8. The number of anilines is 2. The first-order valence-corrected chi connectivity index (χ1v) is 12.7. The van der Waals surface area contributed by atoms with Gasteiger partial charge < -0.3 is 9.80 Å². The lowest BCUT2D eigenvalue weighted by molar-refractivity contribution is -0.116. The van der Waals surface area contributed by atoms with Crippen molar-refractivity contribution in [1.29, 1.82) is 0 Å². The van der Waals surface area contributed by atoms with Crippen LogP contribution in [0.1, 0.15) is 22.5 Å². The number of para-hydroxylation sites is 2. The fraction of sp³-hybridized carbons (Fsp3) is 0.188. The van der Waals surface area contributed by atoms with Crippen LogP contribution in [0.2, 0.25) is 0 Å². The van der Waals surface area contributed by atoms with Gasteiger partial charge in [-0.05, 0) is 74.2 Å². The Labute approximate surface area is 224 Å². The van der Waals surface area contributed by atoms with Crippen molar-refractivity contribution in [3.63, 3.8) is 0 Å². The summed E-state index contributed by atoms with van der Waals surface area (Å²) in [5.74, 6) is -0.499. The van der Waals surface area contributed by atoms with Crippen molar-refractivity contribution in [3.05, 3.63) is 132 Å². The third-order valence-corrected chi connectivity index (χ3v) is 6.23. The number of pyridine rings is 2. The molecule has 2 heterocycles. The summed E-state index contributed by atoms with van der Waals surface area (Å²) in [5, 5.41) is 0. The van der Waals surface area contributed by atoms with Gasteiger partial charge in [0, 0.05) is 60.4 Å². The highest BCUT2D eigenvalue weighted by molar-refractivity contribution is 6.08. The smallest absolute Gasteiger partial charge is 0.251 e. The first-order valence-electron chi connectivity index (χ1n) is 12.7. The molecule has 38 heavy (non-hydrogen) atoms. The zero-order valence-electron chi connectivity index (χ0n) is 21.8. The number of carbonyl (C=O) groups excluding carboxylic acids is 2. The molecule has 0 unspecified atom stereocenters. The highest BCUT2D eigenvalue weighted by Gasteiger charge is 2.17. The molecular formula is C32H32N4O2. The number of carbonyl (C=O) groups is 2. The van der Waals surface area contributed by atoms with Gasteiger partial charge in [-0.2, -0.15) is 0 Å². The third kappa shape index (κ3) is 7.46. The summed E-state index contributed by atoms with van der Waals surface area (Å²) in [6, 6.07) is 27.0. The van der Waals surface area contributed by atoms with Crippen molar-refractivity contribution in [2.24, 2.45) is 0 Å². The number of aryl methyl sites for hydroxylation is 2. The molecule has 2 aromatic carbocycles. The largest absolute Gasteiger partial charge is 0.309 e. The highest BCUT2D eigenvalue weighted by Crippen LogP contribution is 2.17. The Morgan fingerprint density at radius 3 is 1.34 bits per heavy atom. The number of aromatic nitrogens is 2. The van der Waals surface area contributed by atoms with Gasteiger partial charge in [0.05, 0.1) is 0 Å². The molecule has 2 amide bonds. The maximum atomic E-state index is 13.3. The van der Waals surface area contributed by atoms with E-state index in [0.29, 0.717) is 25.9 Å². The second kappa shape index (κ2) is 13.1. The summed E-state index contributed by atoms with van der Waals surface area (Å²) in [5.41, 5.74) is 5.55. The summed E-state index contributed by atoms with van der Waals surface area (Å²) in [6.07, 6.45) is 7.71. The van der Waals surface area contributed by atoms with Gasteiger partial charge in [0.15, 0.2) is 0 Å². The molecule has 6 heteroatoms. The van der Waals surface area contributed by atoms with Crippen LogP contribution in [0.15, 0.2) is 109 Å². The standard InChI is InChI=1S/C32H32N4O2/c1-25-13-15-27(23-33-25)19-21-35(29-9-5-3-6-10-29)31(37)17-18-32(38)36(30-11-7-4-8-12-30)22-20-28-16-14-26(2)34-24-28/h3-18,23-24H,19-22H2,1-2H3. The molecule has 0 radical (unpaired) electrons. The predicted molar refractivity (Wildman–Crippen MR) is 152 cm³/mol.